The Morgan fingerprint density at radius 2 is 1.10 bits per heavy atom. The number of sulfone groups is 1. The van der Waals surface area contributed by atoms with E-state index in [0.29, 0.717) is 13.1 Å². The van der Waals surface area contributed by atoms with E-state index in [2.05, 4.69) is 10.6 Å². The maximum Gasteiger partial charge on any atom is 0.220 e. The molecule has 2 N–H and O–H groups in total. The van der Waals surface area contributed by atoms with Gasteiger partial charge in [0.05, 0.1) is 11.5 Å². The molecule has 1 saturated heterocycles. The van der Waals surface area contributed by atoms with E-state index in [1.807, 2.05) is 60.7 Å². The summed E-state index contributed by atoms with van der Waals surface area (Å²) in [6.07, 6.45) is 1.72. The van der Waals surface area contributed by atoms with E-state index < -0.39 is 9.84 Å². The molecule has 166 valence electrons. The van der Waals surface area contributed by atoms with Gasteiger partial charge in [0.1, 0.15) is 0 Å². The van der Waals surface area contributed by atoms with E-state index in [-0.39, 0.29) is 48.0 Å². The van der Waals surface area contributed by atoms with E-state index in [1.54, 1.807) is 0 Å². The average molecular weight is 443 g/mol. The Bertz CT molecular complexity index is 888. The van der Waals surface area contributed by atoms with Gasteiger partial charge in [0.25, 0.3) is 0 Å². The van der Waals surface area contributed by atoms with Gasteiger partial charge in [0.15, 0.2) is 9.84 Å². The number of carbonyl (C=O) groups is 2. The molecule has 0 aromatic heterocycles. The van der Waals surface area contributed by atoms with Gasteiger partial charge >= 0.3 is 0 Å². The van der Waals surface area contributed by atoms with Crippen molar-refractivity contribution in [3.8, 4) is 0 Å². The molecule has 2 atom stereocenters. The maximum atomic E-state index is 12.4. The molecule has 0 saturated carbocycles. The van der Waals surface area contributed by atoms with E-state index in [9.17, 15) is 18.0 Å². The Hall–Kier alpha value is -2.67. The van der Waals surface area contributed by atoms with Crippen molar-refractivity contribution in [2.75, 3.05) is 24.6 Å². The van der Waals surface area contributed by atoms with Gasteiger partial charge < -0.3 is 10.6 Å². The summed E-state index contributed by atoms with van der Waals surface area (Å²) in [7, 11) is -3.22. The van der Waals surface area contributed by atoms with E-state index in [0.717, 1.165) is 24.0 Å². The lowest BCUT2D eigenvalue weighted by Crippen LogP contribution is -2.32. The van der Waals surface area contributed by atoms with Gasteiger partial charge in [-0.2, -0.15) is 0 Å². The summed E-state index contributed by atoms with van der Waals surface area (Å²) in [6, 6.07) is 19.7. The summed E-state index contributed by atoms with van der Waals surface area (Å²) in [4.78, 5) is 24.7. The van der Waals surface area contributed by atoms with Crippen molar-refractivity contribution in [3.63, 3.8) is 0 Å². The quantitative estimate of drug-likeness (QED) is 0.590. The van der Waals surface area contributed by atoms with Crippen molar-refractivity contribution in [1.29, 1.82) is 0 Å². The van der Waals surface area contributed by atoms with Gasteiger partial charge in [0, 0.05) is 25.9 Å². The second kappa shape index (κ2) is 11.1. The predicted octanol–water partition coefficient (Wildman–Crippen LogP) is 2.15. The molecule has 2 aromatic carbocycles. The number of carbonyl (C=O) groups excluding carboxylic acids is 2. The molecule has 0 spiro atoms. The number of hydrogen-bond donors (Lipinski definition) is 2. The zero-order valence-corrected chi connectivity index (χ0v) is 18.4. The summed E-state index contributed by atoms with van der Waals surface area (Å²) in [5.74, 6) is -1.01. The molecule has 1 heterocycles. The molecule has 6 nitrogen and oxygen atoms in total. The fraction of sp³-hybridized carbons (Fsp3) is 0.417. The highest BCUT2D eigenvalue weighted by molar-refractivity contribution is 7.91. The van der Waals surface area contributed by atoms with Crippen LogP contribution in [0, 0.1) is 11.8 Å². The van der Waals surface area contributed by atoms with Crippen LogP contribution < -0.4 is 10.6 Å². The first-order valence-electron chi connectivity index (χ1n) is 10.7. The van der Waals surface area contributed by atoms with Crippen LogP contribution in [0.2, 0.25) is 0 Å². The number of amides is 2. The fourth-order valence-electron chi connectivity index (χ4n) is 4.05. The lowest BCUT2D eigenvalue weighted by molar-refractivity contribution is -0.124. The zero-order chi connectivity index (χ0) is 22.1. The highest BCUT2D eigenvalue weighted by Gasteiger charge is 2.39. The van der Waals surface area contributed by atoms with Crippen molar-refractivity contribution >= 4 is 21.7 Å². The Morgan fingerprint density at radius 1 is 0.710 bits per heavy atom. The lowest BCUT2D eigenvalue weighted by atomic mass is 9.89. The minimum Gasteiger partial charge on any atom is -0.356 e. The molecule has 31 heavy (non-hydrogen) atoms. The molecular weight excluding hydrogens is 412 g/mol. The summed E-state index contributed by atoms with van der Waals surface area (Å²) in [6.45, 7) is 1.01. The van der Waals surface area contributed by atoms with Crippen LogP contribution in [0.1, 0.15) is 24.0 Å². The molecule has 7 heteroatoms. The van der Waals surface area contributed by atoms with E-state index >= 15 is 0 Å². The van der Waals surface area contributed by atoms with Gasteiger partial charge in [-0.3, -0.25) is 9.59 Å². The first-order valence-corrected chi connectivity index (χ1v) is 12.5. The monoisotopic (exact) mass is 442 g/mol. The summed E-state index contributed by atoms with van der Waals surface area (Å²) < 4.78 is 24.3. The Kier molecular flexibility index (Phi) is 8.23. The number of nitrogens with one attached hydrogen (secondary N) is 2. The zero-order valence-electron chi connectivity index (χ0n) is 17.6. The molecular formula is C24H30N2O4S. The van der Waals surface area contributed by atoms with E-state index in [4.69, 9.17) is 0 Å². The predicted molar refractivity (Wildman–Crippen MR) is 121 cm³/mol. The molecule has 1 fully saturated rings. The lowest BCUT2D eigenvalue weighted by Gasteiger charge is -2.17. The number of hydrogen-bond acceptors (Lipinski definition) is 4. The summed E-state index contributed by atoms with van der Waals surface area (Å²) in [5.41, 5.74) is 2.27. The van der Waals surface area contributed by atoms with Crippen LogP contribution >= 0.6 is 0 Å². The van der Waals surface area contributed by atoms with Crippen LogP contribution in [0.3, 0.4) is 0 Å². The van der Waals surface area contributed by atoms with Gasteiger partial charge in [0.2, 0.25) is 11.8 Å². The van der Waals surface area contributed by atoms with Crippen LogP contribution in [-0.4, -0.2) is 44.8 Å². The van der Waals surface area contributed by atoms with Crippen LogP contribution in [0.5, 0.6) is 0 Å². The van der Waals surface area contributed by atoms with E-state index in [1.165, 1.54) is 0 Å². The molecule has 1 aliphatic rings. The number of rotatable bonds is 10. The van der Waals surface area contributed by atoms with Crippen molar-refractivity contribution in [1.82, 2.24) is 10.6 Å². The topological polar surface area (TPSA) is 92.3 Å². The molecule has 1 aliphatic heterocycles. The van der Waals surface area contributed by atoms with Crippen LogP contribution in [0.15, 0.2) is 60.7 Å². The second-order valence-corrected chi connectivity index (χ2v) is 10.3. The largest absolute Gasteiger partial charge is 0.356 e. The number of benzene rings is 2. The van der Waals surface area contributed by atoms with Crippen LogP contribution in [-0.2, 0) is 32.3 Å². The fourth-order valence-corrected chi connectivity index (χ4v) is 6.27. The van der Waals surface area contributed by atoms with Crippen LogP contribution in [0.4, 0.5) is 0 Å². The molecule has 2 aromatic rings. The van der Waals surface area contributed by atoms with Crippen molar-refractivity contribution in [3.05, 3.63) is 71.8 Å². The molecule has 0 aliphatic carbocycles. The summed E-state index contributed by atoms with van der Waals surface area (Å²) in [5, 5.41) is 5.75. The Labute approximate surface area is 184 Å². The molecule has 2 amide bonds. The molecule has 0 radical (unpaired) electrons. The SMILES string of the molecule is O=C(C[C@@H]1CS(=O)(=O)C[C@@H]1CC(=O)NCCc1ccccc1)NCCc1ccccc1. The smallest absolute Gasteiger partial charge is 0.220 e. The first-order chi connectivity index (χ1) is 14.9. The first kappa shape index (κ1) is 23.0. The van der Waals surface area contributed by atoms with Crippen molar-refractivity contribution in [2.24, 2.45) is 11.8 Å². The third kappa shape index (κ3) is 7.83. The third-order valence-electron chi connectivity index (χ3n) is 5.66. The maximum absolute atomic E-state index is 12.4. The van der Waals surface area contributed by atoms with Crippen LogP contribution in [0.25, 0.3) is 0 Å². The van der Waals surface area contributed by atoms with Gasteiger partial charge in [-0.25, -0.2) is 8.42 Å². The highest BCUT2D eigenvalue weighted by atomic mass is 32.2. The van der Waals surface area contributed by atoms with Gasteiger partial charge in [-0.15, -0.1) is 0 Å². The minimum atomic E-state index is -3.22. The van der Waals surface area contributed by atoms with Crippen molar-refractivity contribution in [2.45, 2.75) is 25.7 Å². The van der Waals surface area contributed by atoms with Gasteiger partial charge in [-0.1, -0.05) is 60.7 Å². The third-order valence-corrected chi connectivity index (χ3v) is 7.53. The normalized spacial score (nSPS) is 19.6. The van der Waals surface area contributed by atoms with Crippen molar-refractivity contribution < 1.29 is 18.0 Å². The van der Waals surface area contributed by atoms with Gasteiger partial charge in [-0.05, 0) is 35.8 Å². The Morgan fingerprint density at radius 3 is 1.48 bits per heavy atom. The molecule has 3 rings (SSSR count). The standard InChI is InChI=1S/C24H30N2O4S/c27-23(25-13-11-19-7-3-1-4-8-19)15-21-17-31(29,30)18-22(21)16-24(28)26-14-12-20-9-5-2-6-10-20/h1-10,21-22H,11-18H2,(H,25,27)(H,26,28)/t21-,22+. The average Bonchev–Trinajstić information content (AvgIpc) is 3.02. The highest BCUT2D eigenvalue weighted by Crippen LogP contribution is 2.30. The second-order valence-electron chi connectivity index (χ2n) is 8.18. The molecule has 0 unspecified atom stereocenters. The Balaban J connectivity index is 1.43. The summed E-state index contributed by atoms with van der Waals surface area (Å²) >= 11 is 0. The minimum absolute atomic E-state index is 0.0267. The molecule has 0 bridgehead atoms.